The molecule has 0 aromatic heterocycles. The van der Waals surface area contributed by atoms with Crippen LogP contribution in [0, 0.1) is 5.92 Å². The molecule has 1 aromatic carbocycles. The number of likely N-dealkylation sites (tertiary alicyclic amines) is 1. The van der Waals surface area contributed by atoms with Gasteiger partial charge in [0.2, 0.25) is 11.8 Å². The van der Waals surface area contributed by atoms with Crippen LogP contribution in [0.15, 0.2) is 24.3 Å². The molecule has 2 aliphatic heterocycles. The predicted molar refractivity (Wildman–Crippen MR) is 97.4 cm³/mol. The van der Waals surface area contributed by atoms with Crippen LogP contribution in [0.4, 0.5) is 5.69 Å². The molecule has 3 rings (SSSR count). The van der Waals surface area contributed by atoms with Crippen molar-refractivity contribution in [1.82, 2.24) is 4.90 Å². The van der Waals surface area contributed by atoms with Crippen molar-refractivity contribution in [2.45, 2.75) is 38.6 Å². The fourth-order valence-electron chi connectivity index (χ4n) is 3.41. The number of carbonyl (C=O) groups excluding carboxylic acids is 2. The van der Waals surface area contributed by atoms with Crippen LogP contribution >= 0.6 is 12.4 Å². The molecule has 24 heavy (non-hydrogen) atoms. The Morgan fingerprint density at radius 3 is 2.38 bits per heavy atom. The van der Waals surface area contributed by atoms with Gasteiger partial charge in [0.15, 0.2) is 0 Å². The van der Waals surface area contributed by atoms with Crippen LogP contribution in [0.1, 0.15) is 38.2 Å². The molecule has 132 valence electrons. The molecule has 2 amide bonds. The molecule has 1 aromatic rings. The molecule has 2 saturated heterocycles. The van der Waals surface area contributed by atoms with E-state index in [9.17, 15) is 9.59 Å². The molecule has 5 nitrogen and oxygen atoms in total. The smallest absolute Gasteiger partial charge is 0.239 e. The Morgan fingerprint density at radius 2 is 1.83 bits per heavy atom. The minimum atomic E-state index is -0.537. The molecule has 2 atom stereocenters. The highest BCUT2D eigenvalue weighted by molar-refractivity contribution is 6.09. The van der Waals surface area contributed by atoms with Gasteiger partial charge in [-0.05, 0) is 36.5 Å². The van der Waals surface area contributed by atoms with Crippen molar-refractivity contribution in [1.29, 1.82) is 0 Å². The van der Waals surface area contributed by atoms with E-state index in [1.54, 1.807) is 9.80 Å². The second kappa shape index (κ2) is 7.53. The summed E-state index contributed by atoms with van der Waals surface area (Å²) in [6.07, 6.45) is 1.42. The monoisotopic (exact) mass is 351 g/mol. The normalized spacial score (nSPS) is 23.8. The van der Waals surface area contributed by atoms with E-state index < -0.39 is 5.92 Å². The third-order valence-electron chi connectivity index (χ3n) is 4.91. The van der Waals surface area contributed by atoms with Gasteiger partial charge in [0, 0.05) is 31.4 Å². The zero-order chi connectivity index (χ0) is 16.6. The minimum Gasteiger partial charge on any atom is -0.340 e. The first-order valence-electron chi connectivity index (χ1n) is 8.43. The van der Waals surface area contributed by atoms with E-state index >= 15 is 0 Å². The average Bonchev–Trinajstić information content (AvgIpc) is 3.13. The van der Waals surface area contributed by atoms with Crippen LogP contribution in [0.3, 0.4) is 0 Å². The van der Waals surface area contributed by atoms with Crippen molar-refractivity contribution in [3.8, 4) is 0 Å². The number of nitrogens with two attached hydrogens (primary N) is 1. The molecular formula is C18H26ClN3O2. The zero-order valence-electron chi connectivity index (χ0n) is 14.3. The van der Waals surface area contributed by atoms with Gasteiger partial charge >= 0.3 is 0 Å². The zero-order valence-corrected chi connectivity index (χ0v) is 15.1. The molecule has 2 aliphatic rings. The van der Waals surface area contributed by atoms with Gasteiger partial charge in [0.1, 0.15) is 5.92 Å². The average molecular weight is 352 g/mol. The Morgan fingerprint density at radius 1 is 1.17 bits per heavy atom. The Labute approximate surface area is 149 Å². The number of hydrogen-bond donors (Lipinski definition) is 1. The van der Waals surface area contributed by atoms with Gasteiger partial charge < -0.3 is 15.5 Å². The van der Waals surface area contributed by atoms with Crippen molar-refractivity contribution in [3.63, 3.8) is 0 Å². The molecule has 0 spiro atoms. The first-order valence-corrected chi connectivity index (χ1v) is 8.43. The second-order valence-corrected chi connectivity index (χ2v) is 6.91. The number of hydrogen-bond acceptors (Lipinski definition) is 3. The first-order chi connectivity index (χ1) is 11.0. The van der Waals surface area contributed by atoms with Crippen LogP contribution in [-0.2, 0) is 9.59 Å². The summed E-state index contributed by atoms with van der Waals surface area (Å²) >= 11 is 0. The van der Waals surface area contributed by atoms with E-state index in [1.807, 2.05) is 12.1 Å². The summed E-state index contributed by atoms with van der Waals surface area (Å²) in [5.41, 5.74) is 8.00. The van der Waals surface area contributed by atoms with E-state index in [0.717, 1.165) is 12.1 Å². The lowest BCUT2D eigenvalue weighted by molar-refractivity contribution is -0.139. The topological polar surface area (TPSA) is 66.6 Å². The van der Waals surface area contributed by atoms with Crippen LogP contribution < -0.4 is 10.6 Å². The van der Waals surface area contributed by atoms with Crippen molar-refractivity contribution in [2.75, 3.05) is 24.5 Å². The van der Waals surface area contributed by atoms with Gasteiger partial charge in [-0.2, -0.15) is 0 Å². The van der Waals surface area contributed by atoms with E-state index in [4.69, 9.17) is 5.73 Å². The number of anilines is 1. The standard InChI is InChI=1S/C18H25N3O2.ClH/c1-12(2)13-3-5-15(6-4-13)21-10-8-16(18(21)23)17(22)20-9-7-14(19)11-20;/h3-6,12,14,16H,7-11,19H2,1-2H3;1H/t14-,16?;/m1./s1. The fourth-order valence-corrected chi connectivity index (χ4v) is 3.41. The third-order valence-corrected chi connectivity index (χ3v) is 4.91. The summed E-state index contributed by atoms with van der Waals surface area (Å²) in [5, 5.41) is 0. The maximum atomic E-state index is 12.7. The van der Waals surface area contributed by atoms with Crippen molar-refractivity contribution < 1.29 is 9.59 Å². The summed E-state index contributed by atoms with van der Waals surface area (Å²) in [5.74, 6) is -0.200. The van der Waals surface area contributed by atoms with E-state index in [-0.39, 0.29) is 30.3 Å². The number of amides is 2. The third kappa shape index (κ3) is 3.57. The summed E-state index contributed by atoms with van der Waals surface area (Å²) in [6.45, 7) is 6.14. The molecule has 0 bridgehead atoms. The molecule has 1 unspecified atom stereocenters. The summed E-state index contributed by atoms with van der Waals surface area (Å²) < 4.78 is 0. The lowest BCUT2D eigenvalue weighted by atomic mass is 10.0. The Balaban J connectivity index is 0.00000208. The lowest BCUT2D eigenvalue weighted by Crippen LogP contribution is -2.40. The Kier molecular flexibility index (Phi) is 5.88. The first kappa shape index (κ1) is 18.7. The molecule has 0 saturated carbocycles. The highest BCUT2D eigenvalue weighted by atomic mass is 35.5. The molecular weight excluding hydrogens is 326 g/mol. The molecule has 0 aliphatic carbocycles. The van der Waals surface area contributed by atoms with Gasteiger partial charge in [0.05, 0.1) is 0 Å². The quantitative estimate of drug-likeness (QED) is 0.848. The minimum absolute atomic E-state index is 0. The molecule has 2 heterocycles. The van der Waals surface area contributed by atoms with Gasteiger partial charge in [0.25, 0.3) is 0 Å². The molecule has 2 fully saturated rings. The summed E-state index contributed by atoms with van der Waals surface area (Å²) in [4.78, 5) is 28.7. The van der Waals surface area contributed by atoms with Gasteiger partial charge in [-0.1, -0.05) is 26.0 Å². The lowest BCUT2D eigenvalue weighted by Gasteiger charge is -2.21. The predicted octanol–water partition coefficient (Wildman–Crippen LogP) is 2.14. The number of carbonyl (C=O) groups is 2. The molecule has 0 radical (unpaired) electrons. The van der Waals surface area contributed by atoms with Crippen LogP contribution in [0.25, 0.3) is 0 Å². The maximum absolute atomic E-state index is 12.7. The Hall–Kier alpha value is -1.59. The highest BCUT2D eigenvalue weighted by Crippen LogP contribution is 2.28. The Bertz CT molecular complexity index is 603. The maximum Gasteiger partial charge on any atom is 0.239 e. The SMILES string of the molecule is CC(C)c1ccc(N2CCC(C(=O)N3CC[C@@H](N)C3)C2=O)cc1.Cl. The van der Waals surface area contributed by atoms with Crippen molar-refractivity contribution in [3.05, 3.63) is 29.8 Å². The van der Waals surface area contributed by atoms with E-state index in [2.05, 4.69) is 26.0 Å². The van der Waals surface area contributed by atoms with Crippen molar-refractivity contribution >= 4 is 29.9 Å². The largest absolute Gasteiger partial charge is 0.340 e. The summed E-state index contributed by atoms with van der Waals surface area (Å²) in [6, 6.07) is 8.12. The van der Waals surface area contributed by atoms with Gasteiger partial charge in [-0.25, -0.2) is 0 Å². The summed E-state index contributed by atoms with van der Waals surface area (Å²) in [7, 11) is 0. The number of benzene rings is 1. The highest BCUT2D eigenvalue weighted by Gasteiger charge is 2.40. The van der Waals surface area contributed by atoms with Crippen LogP contribution in [-0.4, -0.2) is 42.4 Å². The number of nitrogens with zero attached hydrogens (tertiary/aromatic N) is 2. The second-order valence-electron chi connectivity index (χ2n) is 6.91. The van der Waals surface area contributed by atoms with Crippen LogP contribution in [0.2, 0.25) is 0 Å². The van der Waals surface area contributed by atoms with Gasteiger partial charge in [-0.15, -0.1) is 12.4 Å². The van der Waals surface area contributed by atoms with Gasteiger partial charge in [-0.3, -0.25) is 9.59 Å². The van der Waals surface area contributed by atoms with E-state index in [1.165, 1.54) is 5.56 Å². The molecule has 2 N–H and O–H groups in total. The van der Waals surface area contributed by atoms with Crippen molar-refractivity contribution in [2.24, 2.45) is 11.7 Å². The fraction of sp³-hybridized carbons (Fsp3) is 0.556. The number of rotatable bonds is 3. The van der Waals surface area contributed by atoms with E-state index in [0.29, 0.717) is 32.0 Å². The van der Waals surface area contributed by atoms with Crippen LogP contribution in [0.5, 0.6) is 0 Å². The number of halogens is 1. The molecule has 6 heteroatoms.